The highest BCUT2D eigenvalue weighted by molar-refractivity contribution is 5.90. The molecule has 5 heteroatoms. The lowest BCUT2D eigenvalue weighted by atomic mass is 10.1. The molecule has 1 rings (SSSR count). The minimum absolute atomic E-state index is 0.0296. The van der Waals surface area contributed by atoms with E-state index in [1.165, 1.54) is 18.2 Å². The second-order valence-corrected chi connectivity index (χ2v) is 3.07. The molecular formula is C11H11FO4. The molecule has 16 heavy (non-hydrogen) atoms. The summed E-state index contributed by atoms with van der Waals surface area (Å²) in [7, 11) is 0. The highest BCUT2D eigenvalue weighted by Crippen LogP contribution is 2.14. The molecule has 0 aromatic heterocycles. The van der Waals surface area contributed by atoms with Crippen molar-refractivity contribution >= 4 is 11.9 Å². The van der Waals surface area contributed by atoms with Crippen molar-refractivity contribution in [2.24, 2.45) is 0 Å². The highest BCUT2D eigenvalue weighted by atomic mass is 19.1. The zero-order chi connectivity index (χ0) is 12.1. The Bertz CT molecular complexity index is 414. The molecule has 1 aromatic carbocycles. The summed E-state index contributed by atoms with van der Waals surface area (Å²) in [5, 5.41) is 8.54. The molecule has 0 aliphatic carbocycles. The number of carboxylic acid groups (broad SMARTS) is 1. The predicted octanol–water partition coefficient (Wildman–Crippen LogP) is 1.63. The van der Waals surface area contributed by atoms with Crippen LogP contribution in [0, 0.1) is 5.82 Å². The Labute approximate surface area is 91.7 Å². The van der Waals surface area contributed by atoms with Crippen LogP contribution in [0.25, 0.3) is 0 Å². The van der Waals surface area contributed by atoms with Crippen LogP contribution in [0.5, 0.6) is 0 Å². The third kappa shape index (κ3) is 2.79. The number of halogens is 1. The SMILES string of the molecule is CCOC(=O)c1cccc(CC(=O)O)c1F. The summed E-state index contributed by atoms with van der Waals surface area (Å²) >= 11 is 0. The highest BCUT2D eigenvalue weighted by Gasteiger charge is 2.16. The van der Waals surface area contributed by atoms with E-state index in [0.717, 1.165) is 0 Å². The summed E-state index contributed by atoms with van der Waals surface area (Å²) < 4.78 is 18.3. The largest absolute Gasteiger partial charge is 0.481 e. The molecule has 0 amide bonds. The Morgan fingerprint density at radius 3 is 2.69 bits per heavy atom. The molecule has 1 aromatic rings. The molecule has 0 atom stereocenters. The van der Waals surface area contributed by atoms with Crippen molar-refractivity contribution in [3.63, 3.8) is 0 Å². The number of aliphatic carboxylic acids is 1. The second kappa shape index (κ2) is 5.25. The molecule has 0 bridgehead atoms. The van der Waals surface area contributed by atoms with Crippen molar-refractivity contribution in [2.45, 2.75) is 13.3 Å². The van der Waals surface area contributed by atoms with Gasteiger partial charge >= 0.3 is 11.9 Å². The number of carbonyl (C=O) groups is 2. The molecule has 0 fully saturated rings. The molecule has 86 valence electrons. The van der Waals surface area contributed by atoms with Crippen LogP contribution in [-0.4, -0.2) is 23.7 Å². The molecule has 0 aliphatic rings. The standard InChI is InChI=1S/C11H11FO4/c1-2-16-11(15)8-5-3-4-7(10(8)12)6-9(13)14/h3-5H,2,6H2,1H3,(H,13,14). The number of hydrogen-bond donors (Lipinski definition) is 1. The fourth-order valence-corrected chi connectivity index (χ4v) is 1.25. The maximum Gasteiger partial charge on any atom is 0.341 e. The second-order valence-electron chi connectivity index (χ2n) is 3.07. The number of carbonyl (C=O) groups excluding carboxylic acids is 1. The smallest absolute Gasteiger partial charge is 0.341 e. The topological polar surface area (TPSA) is 63.6 Å². The van der Waals surface area contributed by atoms with Gasteiger partial charge in [-0.15, -0.1) is 0 Å². The fraction of sp³-hybridized carbons (Fsp3) is 0.273. The fourth-order valence-electron chi connectivity index (χ4n) is 1.25. The van der Waals surface area contributed by atoms with Crippen LogP contribution in [0.15, 0.2) is 18.2 Å². The van der Waals surface area contributed by atoms with Crippen molar-refractivity contribution in [2.75, 3.05) is 6.61 Å². The lowest BCUT2D eigenvalue weighted by molar-refractivity contribution is -0.136. The molecule has 0 spiro atoms. The molecule has 0 saturated carbocycles. The first-order valence-electron chi connectivity index (χ1n) is 4.72. The monoisotopic (exact) mass is 226 g/mol. The van der Waals surface area contributed by atoms with Crippen LogP contribution >= 0.6 is 0 Å². The van der Waals surface area contributed by atoms with Gasteiger partial charge in [0.1, 0.15) is 5.82 Å². The first-order chi connectivity index (χ1) is 7.56. The number of benzene rings is 1. The third-order valence-electron chi connectivity index (χ3n) is 1.92. The summed E-state index contributed by atoms with van der Waals surface area (Å²) in [4.78, 5) is 21.7. The summed E-state index contributed by atoms with van der Waals surface area (Å²) in [6, 6.07) is 4.01. The summed E-state index contributed by atoms with van der Waals surface area (Å²) in [6.07, 6.45) is -0.459. The maximum absolute atomic E-state index is 13.6. The number of carboxylic acids is 1. The first kappa shape index (κ1) is 12.2. The van der Waals surface area contributed by atoms with Gasteiger partial charge in [0, 0.05) is 0 Å². The number of esters is 1. The van der Waals surface area contributed by atoms with E-state index in [2.05, 4.69) is 4.74 Å². The zero-order valence-corrected chi connectivity index (χ0v) is 8.70. The van der Waals surface area contributed by atoms with Gasteiger partial charge in [-0.2, -0.15) is 0 Å². The van der Waals surface area contributed by atoms with Gasteiger partial charge in [0.2, 0.25) is 0 Å². The van der Waals surface area contributed by atoms with Crippen molar-refractivity contribution in [1.82, 2.24) is 0 Å². The lowest BCUT2D eigenvalue weighted by Gasteiger charge is -2.05. The molecular weight excluding hydrogens is 215 g/mol. The van der Waals surface area contributed by atoms with E-state index in [1.807, 2.05) is 0 Å². The molecule has 4 nitrogen and oxygen atoms in total. The first-order valence-corrected chi connectivity index (χ1v) is 4.72. The zero-order valence-electron chi connectivity index (χ0n) is 8.70. The van der Waals surface area contributed by atoms with Gasteiger partial charge in [0.25, 0.3) is 0 Å². The lowest BCUT2D eigenvalue weighted by Crippen LogP contribution is -2.10. The Morgan fingerprint density at radius 2 is 2.12 bits per heavy atom. The van der Waals surface area contributed by atoms with E-state index in [4.69, 9.17) is 5.11 Å². The molecule has 0 aliphatic heterocycles. The van der Waals surface area contributed by atoms with Gasteiger partial charge in [0.15, 0.2) is 0 Å². The van der Waals surface area contributed by atoms with Gasteiger partial charge < -0.3 is 9.84 Å². The Kier molecular flexibility index (Phi) is 3.99. The van der Waals surface area contributed by atoms with E-state index in [1.54, 1.807) is 6.92 Å². The summed E-state index contributed by atoms with van der Waals surface area (Å²) in [5.74, 6) is -2.77. The molecule has 0 saturated heterocycles. The van der Waals surface area contributed by atoms with Crippen LogP contribution < -0.4 is 0 Å². The van der Waals surface area contributed by atoms with E-state index in [9.17, 15) is 14.0 Å². The summed E-state index contributed by atoms with van der Waals surface area (Å²) in [5.41, 5.74) is -0.265. The summed E-state index contributed by atoms with van der Waals surface area (Å²) in [6.45, 7) is 1.75. The average molecular weight is 226 g/mol. The quantitative estimate of drug-likeness (QED) is 0.792. The van der Waals surface area contributed by atoms with Crippen molar-refractivity contribution < 1.29 is 23.8 Å². The Morgan fingerprint density at radius 1 is 1.44 bits per heavy atom. The van der Waals surface area contributed by atoms with Crippen LogP contribution in [0.4, 0.5) is 4.39 Å². The van der Waals surface area contributed by atoms with E-state index >= 15 is 0 Å². The number of ether oxygens (including phenoxy) is 1. The normalized spacial score (nSPS) is 9.88. The average Bonchev–Trinajstić information content (AvgIpc) is 2.21. The minimum atomic E-state index is -1.15. The van der Waals surface area contributed by atoms with Crippen LogP contribution in [0.2, 0.25) is 0 Å². The van der Waals surface area contributed by atoms with E-state index in [-0.39, 0.29) is 17.7 Å². The molecule has 0 radical (unpaired) electrons. The van der Waals surface area contributed by atoms with Crippen LogP contribution in [0.3, 0.4) is 0 Å². The van der Waals surface area contributed by atoms with Crippen LogP contribution in [0.1, 0.15) is 22.8 Å². The van der Waals surface area contributed by atoms with Crippen molar-refractivity contribution in [3.8, 4) is 0 Å². The van der Waals surface area contributed by atoms with Gasteiger partial charge in [-0.3, -0.25) is 4.79 Å². The van der Waals surface area contributed by atoms with Crippen molar-refractivity contribution in [3.05, 3.63) is 35.1 Å². The van der Waals surface area contributed by atoms with Crippen LogP contribution in [-0.2, 0) is 16.0 Å². The van der Waals surface area contributed by atoms with Gasteiger partial charge in [0.05, 0.1) is 18.6 Å². The Hall–Kier alpha value is -1.91. The third-order valence-corrected chi connectivity index (χ3v) is 1.92. The minimum Gasteiger partial charge on any atom is -0.481 e. The maximum atomic E-state index is 13.6. The van der Waals surface area contributed by atoms with E-state index < -0.39 is 24.2 Å². The van der Waals surface area contributed by atoms with Gasteiger partial charge in [-0.25, -0.2) is 9.18 Å². The van der Waals surface area contributed by atoms with Gasteiger partial charge in [-0.1, -0.05) is 12.1 Å². The molecule has 1 N–H and O–H groups in total. The molecule has 0 heterocycles. The Balaban J connectivity index is 3.03. The number of rotatable bonds is 4. The van der Waals surface area contributed by atoms with Gasteiger partial charge in [-0.05, 0) is 18.6 Å². The number of hydrogen-bond acceptors (Lipinski definition) is 3. The molecule has 0 unspecified atom stereocenters. The van der Waals surface area contributed by atoms with E-state index in [0.29, 0.717) is 0 Å². The predicted molar refractivity (Wildman–Crippen MR) is 53.7 cm³/mol. The van der Waals surface area contributed by atoms with Crippen molar-refractivity contribution in [1.29, 1.82) is 0 Å².